The Balaban J connectivity index is 1.82. The van der Waals surface area contributed by atoms with Crippen LogP contribution in [-0.2, 0) is 14.8 Å². The van der Waals surface area contributed by atoms with E-state index in [1.54, 1.807) is 54.6 Å². The summed E-state index contributed by atoms with van der Waals surface area (Å²) in [6, 6.07) is 17.8. The quantitative estimate of drug-likeness (QED) is 0.298. The van der Waals surface area contributed by atoms with Crippen LogP contribution in [0, 0.1) is 0 Å². The normalized spacial score (nSPS) is 11.2. The maximum absolute atomic E-state index is 13.3. The largest absolute Gasteiger partial charge is 0.493 e. The molecule has 0 saturated carbocycles. The summed E-state index contributed by atoms with van der Waals surface area (Å²) >= 11 is 3.33. The number of nitrogens with zero attached hydrogens (tertiary/aromatic N) is 2. The molecule has 3 rings (SSSR count). The van der Waals surface area contributed by atoms with Crippen molar-refractivity contribution in [3.05, 3.63) is 76.8 Å². The fourth-order valence-electron chi connectivity index (χ4n) is 3.16. The lowest BCUT2D eigenvalue weighted by Gasteiger charge is -2.23. The number of hydrazone groups is 1. The summed E-state index contributed by atoms with van der Waals surface area (Å²) < 4.78 is 44.3. The van der Waals surface area contributed by atoms with Crippen LogP contribution in [0.1, 0.15) is 5.56 Å². The average Bonchev–Trinajstić information content (AvgIpc) is 2.87. The highest BCUT2D eigenvalue weighted by Gasteiger charge is 2.27. The molecule has 0 atom stereocenters. The highest BCUT2D eigenvalue weighted by Crippen LogP contribution is 2.37. The second kappa shape index (κ2) is 11.7. The molecule has 184 valence electrons. The van der Waals surface area contributed by atoms with E-state index in [4.69, 9.17) is 14.2 Å². The van der Waals surface area contributed by atoms with E-state index in [0.717, 1.165) is 8.78 Å². The van der Waals surface area contributed by atoms with Crippen molar-refractivity contribution < 1.29 is 27.4 Å². The van der Waals surface area contributed by atoms with Gasteiger partial charge in [0.2, 0.25) is 5.75 Å². The maximum Gasteiger partial charge on any atom is 0.264 e. The molecule has 0 unspecified atom stereocenters. The molecule has 9 nitrogen and oxygen atoms in total. The minimum absolute atomic E-state index is 0.0663. The highest BCUT2D eigenvalue weighted by atomic mass is 79.9. The molecule has 3 aromatic carbocycles. The summed E-state index contributed by atoms with van der Waals surface area (Å²) in [5.41, 5.74) is 3.28. The first-order valence-electron chi connectivity index (χ1n) is 10.3. The Bertz CT molecular complexity index is 1270. The predicted molar refractivity (Wildman–Crippen MR) is 137 cm³/mol. The Morgan fingerprint density at radius 1 is 0.971 bits per heavy atom. The van der Waals surface area contributed by atoms with Crippen molar-refractivity contribution >= 4 is 43.8 Å². The summed E-state index contributed by atoms with van der Waals surface area (Å²) in [6.07, 6.45) is 1.39. The van der Waals surface area contributed by atoms with E-state index in [1.807, 2.05) is 0 Å². The zero-order chi connectivity index (χ0) is 25.4. The molecule has 0 heterocycles. The van der Waals surface area contributed by atoms with E-state index in [0.29, 0.717) is 28.5 Å². The van der Waals surface area contributed by atoms with E-state index in [2.05, 4.69) is 26.5 Å². The molecule has 1 amide bonds. The third kappa shape index (κ3) is 6.31. The highest BCUT2D eigenvalue weighted by molar-refractivity contribution is 9.10. The van der Waals surface area contributed by atoms with E-state index >= 15 is 0 Å². The monoisotopic (exact) mass is 561 g/mol. The van der Waals surface area contributed by atoms with Gasteiger partial charge in [0.1, 0.15) is 6.54 Å². The Hall–Kier alpha value is -3.57. The van der Waals surface area contributed by atoms with Gasteiger partial charge in [-0.25, -0.2) is 13.8 Å². The SMILES string of the molecule is COc1cc(/C=N\NC(=O)CN(c2ccc(Br)cc2)S(=O)(=O)c2ccccc2)cc(OC)c1OC. The number of anilines is 1. The molecule has 0 saturated heterocycles. The summed E-state index contributed by atoms with van der Waals surface area (Å²) in [5, 5.41) is 3.96. The van der Waals surface area contributed by atoms with Gasteiger partial charge in [0.25, 0.3) is 15.9 Å². The first-order chi connectivity index (χ1) is 16.8. The van der Waals surface area contributed by atoms with Crippen LogP contribution >= 0.6 is 15.9 Å². The Kier molecular flexibility index (Phi) is 8.72. The van der Waals surface area contributed by atoms with Crippen LogP contribution in [0.15, 0.2) is 81.2 Å². The molecule has 0 bridgehead atoms. The second-order valence-corrected chi connectivity index (χ2v) is 9.83. The molecule has 1 N–H and O–H groups in total. The third-order valence-electron chi connectivity index (χ3n) is 4.82. The van der Waals surface area contributed by atoms with Crippen molar-refractivity contribution in [1.82, 2.24) is 5.43 Å². The van der Waals surface area contributed by atoms with Crippen LogP contribution in [0.25, 0.3) is 0 Å². The number of hydrogen-bond acceptors (Lipinski definition) is 7. The number of sulfonamides is 1. The first-order valence-corrected chi connectivity index (χ1v) is 12.5. The smallest absolute Gasteiger partial charge is 0.264 e. The second-order valence-electron chi connectivity index (χ2n) is 7.05. The molecule has 0 aliphatic rings. The number of rotatable bonds is 10. The van der Waals surface area contributed by atoms with Gasteiger partial charge in [-0.1, -0.05) is 34.1 Å². The lowest BCUT2D eigenvalue weighted by molar-refractivity contribution is -0.119. The minimum Gasteiger partial charge on any atom is -0.493 e. The number of carbonyl (C=O) groups is 1. The van der Waals surface area contributed by atoms with Gasteiger partial charge < -0.3 is 14.2 Å². The molecule has 0 aliphatic carbocycles. The molecule has 0 spiro atoms. The summed E-state index contributed by atoms with van der Waals surface area (Å²) in [4.78, 5) is 12.8. The standard InChI is InChI=1S/C24H24BrN3O6S/c1-32-21-13-17(14-22(33-2)24(21)34-3)15-26-27-23(29)16-28(19-11-9-18(25)10-12-19)35(30,31)20-7-5-4-6-8-20/h4-15H,16H2,1-3H3,(H,27,29)/b26-15-. The first kappa shape index (κ1) is 26.0. The zero-order valence-corrected chi connectivity index (χ0v) is 21.7. The van der Waals surface area contributed by atoms with E-state index in [9.17, 15) is 13.2 Å². The van der Waals surface area contributed by atoms with Crippen molar-refractivity contribution in [2.75, 3.05) is 32.2 Å². The number of carbonyl (C=O) groups excluding carboxylic acids is 1. The van der Waals surface area contributed by atoms with E-state index in [-0.39, 0.29) is 4.90 Å². The lowest BCUT2D eigenvalue weighted by atomic mass is 10.2. The van der Waals surface area contributed by atoms with Crippen LogP contribution in [0.5, 0.6) is 17.2 Å². The molecular weight excluding hydrogens is 538 g/mol. The summed E-state index contributed by atoms with van der Waals surface area (Å²) in [5.74, 6) is 0.647. The van der Waals surface area contributed by atoms with Crippen molar-refractivity contribution in [2.24, 2.45) is 5.10 Å². The average molecular weight is 562 g/mol. The summed E-state index contributed by atoms with van der Waals surface area (Å²) in [7, 11) is 0.468. The van der Waals surface area contributed by atoms with Gasteiger partial charge in [0.05, 0.1) is 38.1 Å². The number of halogens is 1. The fourth-order valence-corrected chi connectivity index (χ4v) is 4.87. The van der Waals surface area contributed by atoms with E-state index in [1.165, 1.54) is 39.7 Å². The van der Waals surface area contributed by atoms with Crippen LogP contribution in [-0.4, -0.2) is 48.4 Å². The summed E-state index contributed by atoms with van der Waals surface area (Å²) in [6.45, 7) is -0.481. The number of amides is 1. The van der Waals surface area contributed by atoms with Crippen molar-refractivity contribution in [3.8, 4) is 17.2 Å². The molecule has 3 aromatic rings. The molecule has 0 aromatic heterocycles. The molecule has 0 radical (unpaired) electrons. The third-order valence-corrected chi connectivity index (χ3v) is 7.14. The van der Waals surface area contributed by atoms with Gasteiger partial charge >= 0.3 is 0 Å². The maximum atomic E-state index is 13.3. The minimum atomic E-state index is -4.01. The van der Waals surface area contributed by atoms with Gasteiger partial charge in [0, 0.05) is 10.0 Å². The number of nitrogens with one attached hydrogen (secondary N) is 1. The van der Waals surface area contributed by atoms with Crippen LogP contribution < -0.4 is 23.9 Å². The zero-order valence-electron chi connectivity index (χ0n) is 19.3. The molecular formula is C24H24BrN3O6S. The fraction of sp³-hybridized carbons (Fsp3) is 0.167. The molecule has 0 fully saturated rings. The number of benzene rings is 3. The van der Waals surface area contributed by atoms with Gasteiger partial charge in [-0.15, -0.1) is 0 Å². The predicted octanol–water partition coefficient (Wildman–Crippen LogP) is 3.82. The van der Waals surface area contributed by atoms with Crippen LogP contribution in [0.2, 0.25) is 0 Å². The van der Waals surface area contributed by atoms with Crippen molar-refractivity contribution in [1.29, 1.82) is 0 Å². The van der Waals surface area contributed by atoms with E-state index < -0.39 is 22.5 Å². The molecule has 11 heteroatoms. The number of hydrogen-bond donors (Lipinski definition) is 1. The molecule has 0 aliphatic heterocycles. The number of methoxy groups -OCH3 is 3. The van der Waals surface area contributed by atoms with Crippen molar-refractivity contribution in [3.63, 3.8) is 0 Å². The molecule has 35 heavy (non-hydrogen) atoms. The van der Waals surface area contributed by atoms with Gasteiger partial charge in [-0.2, -0.15) is 5.10 Å². The topological polar surface area (TPSA) is 107 Å². The Morgan fingerprint density at radius 2 is 1.57 bits per heavy atom. The van der Waals surface area contributed by atoms with Gasteiger partial charge in [0.15, 0.2) is 11.5 Å². The Morgan fingerprint density at radius 3 is 2.11 bits per heavy atom. The van der Waals surface area contributed by atoms with Crippen molar-refractivity contribution in [2.45, 2.75) is 4.90 Å². The number of ether oxygens (including phenoxy) is 3. The Labute approximate surface area is 212 Å². The lowest BCUT2D eigenvalue weighted by Crippen LogP contribution is -2.39. The van der Waals surface area contributed by atoms with Gasteiger partial charge in [-0.05, 0) is 48.5 Å². The van der Waals surface area contributed by atoms with Gasteiger partial charge in [-0.3, -0.25) is 9.10 Å². The van der Waals surface area contributed by atoms with Crippen LogP contribution in [0.3, 0.4) is 0 Å². The van der Waals surface area contributed by atoms with Crippen LogP contribution in [0.4, 0.5) is 5.69 Å².